The number of pyridine rings is 1. The number of hydrogen-bond donors (Lipinski definition) is 1. The number of anilines is 1. The number of fused-ring (bicyclic) bond motifs is 1. The number of nitrogens with zero attached hydrogens (tertiary/aromatic N) is 3. The number of rotatable bonds is 2. The second-order valence-electron chi connectivity index (χ2n) is 4.21. The lowest BCUT2D eigenvalue weighted by Gasteiger charge is -2.01. The summed E-state index contributed by atoms with van der Waals surface area (Å²) in [7, 11) is 1.88. The quantitative estimate of drug-likeness (QED) is 0.780. The van der Waals surface area contributed by atoms with E-state index in [1.807, 2.05) is 32.2 Å². The summed E-state index contributed by atoms with van der Waals surface area (Å²) in [4.78, 5) is 17.9. The smallest absolute Gasteiger partial charge is 0.266 e. The van der Waals surface area contributed by atoms with Crippen LogP contribution in [0.1, 0.15) is 15.4 Å². The molecule has 19 heavy (non-hydrogen) atoms. The van der Waals surface area contributed by atoms with Crippen LogP contribution < -0.4 is 5.32 Å². The minimum Gasteiger partial charge on any atom is -0.306 e. The van der Waals surface area contributed by atoms with E-state index in [4.69, 9.17) is 0 Å². The van der Waals surface area contributed by atoms with Gasteiger partial charge in [-0.3, -0.25) is 9.48 Å². The maximum absolute atomic E-state index is 12.1. The minimum absolute atomic E-state index is 0.140. The Morgan fingerprint density at radius 1 is 1.42 bits per heavy atom. The third kappa shape index (κ3) is 2.10. The molecular formula is C13H12N4OS. The van der Waals surface area contributed by atoms with Gasteiger partial charge in [0, 0.05) is 18.6 Å². The normalized spacial score (nSPS) is 10.8. The van der Waals surface area contributed by atoms with Crippen LogP contribution in [0.15, 0.2) is 30.5 Å². The Morgan fingerprint density at radius 2 is 2.26 bits per heavy atom. The molecule has 3 rings (SSSR count). The SMILES string of the molecule is Cc1nn(C)c2sc(C(=O)Nc3ccccn3)cc12. The summed E-state index contributed by atoms with van der Waals surface area (Å²) >= 11 is 1.43. The average molecular weight is 272 g/mol. The van der Waals surface area contributed by atoms with E-state index in [9.17, 15) is 4.79 Å². The van der Waals surface area contributed by atoms with Crippen molar-refractivity contribution in [2.45, 2.75) is 6.92 Å². The molecule has 0 aliphatic carbocycles. The number of carbonyl (C=O) groups is 1. The molecule has 0 atom stereocenters. The second kappa shape index (κ2) is 4.47. The number of amides is 1. The predicted molar refractivity (Wildman–Crippen MR) is 75.5 cm³/mol. The van der Waals surface area contributed by atoms with E-state index >= 15 is 0 Å². The standard InChI is InChI=1S/C13H12N4OS/c1-8-9-7-10(19-13(9)17(2)16-8)12(18)15-11-5-3-4-6-14-11/h3-7H,1-2H3,(H,14,15,18). The van der Waals surface area contributed by atoms with E-state index in [2.05, 4.69) is 15.4 Å². The van der Waals surface area contributed by atoms with Crippen LogP contribution in [0.5, 0.6) is 0 Å². The molecule has 0 spiro atoms. The lowest BCUT2D eigenvalue weighted by molar-refractivity contribution is 0.103. The van der Waals surface area contributed by atoms with Gasteiger partial charge in [-0.1, -0.05) is 6.07 Å². The van der Waals surface area contributed by atoms with Crippen molar-refractivity contribution in [1.82, 2.24) is 14.8 Å². The van der Waals surface area contributed by atoms with Crippen LogP contribution in [-0.2, 0) is 7.05 Å². The molecule has 3 heterocycles. The van der Waals surface area contributed by atoms with E-state index in [1.165, 1.54) is 11.3 Å². The number of aromatic nitrogens is 3. The van der Waals surface area contributed by atoms with Gasteiger partial charge in [-0.15, -0.1) is 11.3 Å². The number of aryl methyl sites for hydroxylation is 2. The highest BCUT2D eigenvalue weighted by atomic mass is 32.1. The third-order valence-electron chi connectivity index (χ3n) is 2.83. The zero-order chi connectivity index (χ0) is 13.4. The van der Waals surface area contributed by atoms with E-state index in [0.29, 0.717) is 10.7 Å². The first kappa shape index (κ1) is 11.9. The van der Waals surface area contributed by atoms with Crippen molar-refractivity contribution in [2.24, 2.45) is 7.05 Å². The van der Waals surface area contributed by atoms with Crippen molar-refractivity contribution in [3.63, 3.8) is 0 Å². The van der Waals surface area contributed by atoms with Crippen molar-refractivity contribution in [3.8, 4) is 0 Å². The van der Waals surface area contributed by atoms with Gasteiger partial charge in [0.25, 0.3) is 5.91 Å². The Kier molecular flexibility index (Phi) is 2.79. The van der Waals surface area contributed by atoms with Gasteiger partial charge in [-0.2, -0.15) is 5.10 Å². The molecule has 0 bridgehead atoms. The van der Waals surface area contributed by atoms with E-state index < -0.39 is 0 Å². The Hall–Kier alpha value is -2.21. The fourth-order valence-corrected chi connectivity index (χ4v) is 2.95. The van der Waals surface area contributed by atoms with Gasteiger partial charge in [-0.05, 0) is 25.1 Å². The molecule has 0 saturated heterocycles. The van der Waals surface area contributed by atoms with Crippen LogP contribution in [0.4, 0.5) is 5.82 Å². The van der Waals surface area contributed by atoms with Crippen LogP contribution in [0.3, 0.4) is 0 Å². The maximum Gasteiger partial charge on any atom is 0.266 e. The average Bonchev–Trinajstić information content (AvgIpc) is 2.94. The molecule has 5 nitrogen and oxygen atoms in total. The Labute approximate surface area is 113 Å². The second-order valence-corrected chi connectivity index (χ2v) is 5.24. The van der Waals surface area contributed by atoms with E-state index in [-0.39, 0.29) is 5.91 Å². The van der Waals surface area contributed by atoms with Gasteiger partial charge < -0.3 is 5.32 Å². The van der Waals surface area contributed by atoms with Gasteiger partial charge in [0.15, 0.2) is 0 Å². The van der Waals surface area contributed by atoms with Crippen molar-refractivity contribution in [1.29, 1.82) is 0 Å². The highest BCUT2D eigenvalue weighted by Crippen LogP contribution is 2.27. The first-order valence-corrected chi connectivity index (χ1v) is 6.62. The topological polar surface area (TPSA) is 59.8 Å². The molecule has 0 radical (unpaired) electrons. The fraction of sp³-hybridized carbons (Fsp3) is 0.154. The lowest BCUT2D eigenvalue weighted by atomic mass is 10.3. The first-order valence-electron chi connectivity index (χ1n) is 5.80. The molecule has 3 aromatic rings. The maximum atomic E-state index is 12.1. The van der Waals surface area contributed by atoms with Crippen molar-refractivity contribution in [2.75, 3.05) is 5.32 Å². The molecule has 6 heteroatoms. The van der Waals surface area contributed by atoms with Crippen LogP contribution >= 0.6 is 11.3 Å². The van der Waals surface area contributed by atoms with Crippen LogP contribution in [-0.4, -0.2) is 20.7 Å². The molecule has 0 aliphatic rings. The van der Waals surface area contributed by atoms with Gasteiger partial charge >= 0.3 is 0 Å². The number of nitrogens with one attached hydrogen (secondary N) is 1. The van der Waals surface area contributed by atoms with Crippen molar-refractivity contribution >= 4 is 33.3 Å². The monoisotopic (exact) mass is 272 g/mol. The summed E-state index contributed by atoms with van der Waals surface area (Å²) in [5.74, 6) is 0.416. The molecule has 0 fully saturated rings. The number of thiophene rings is 1. The number of carbonyl (C=O) groups excluding carboxylic acids is 1. The van der Waals surface area contributed by atoms with Crippen LogP contribution in [0, 0.1) is 6.92 Å². The summed E-state index contributed by atoms with van der Waals surface area (Å²) in [5.41, 5.74) is 0.936. The van der Waals surface area contributed by atoms with Gasteiger partial charge in [0.1, 0.15) is 10.6 Å². The first-order chi connectivity index (χ1) is 9.15. The molecule has 1 amide bonds. The largest absolute Gasteiger partial charge is 0.306 e. The van der Waals surface area contributed by atoms with Crippen molar-refractivity contribution < 1.29 is 4.79 Å². The van der Waals surface area contributed by atoms with Crippen molar-refractivity contribution in [3.05, 3.63) is 41.0 Å². The Bertz CT molecular complexity index is 710. The van der Waals surface area contributed by atoms with Gasteiger partial charge in [-0.25, -0.2) is 4.98 Å². The summed E-state index contributed by atoms with van der Waals surface area (Å²) in [6, 6.07) is 7.28. The highest BCUT2D eigenvalue weighted by molar-refractivity contribution is 7.20. The van der Waals surface area contributed by atoms with Gasteiger partial charge in [0.05, 0.1) is 10.6 Å². The van der Waals surface area contributed by atoms with Crippen LogP contribution in [0.2, 0.25) is 0 Å². The number of hydrogen-bond acceptors (Lipinski definition) is 4. The summed E-state index contributed by atoms with van der Waals surface area (Å²) in [5, 5.41) is 8.12. The highest BCUT2D eigenvalue weighted by Gasteiger charge is 2.15. The molecule has 0 aliphatic heterocycles. The summed E-state index contributed by atoms with van der Waals surface area (Å²) < 4.78 is 1.80. The minimum atomic E-state index is -0.140. The molecule has 0 saturated carbocycles. The Balaban J connectivity index is 1.92. The summed E-state index contributed by atoms with van der Waals surface area (Å²) in [6.45, 7) is 1.94. The molecule has 3 aromatic heterocycles. The zero-order valence-electron chi connectivity index (χ0n) is 10.5. The fourth-order valence-electron chi connectivity index (χ4n) is 1.93. The molecule has 1 N–H and O–H groups in total. The van der Waals surface area contributed by atoms with Gasteiger partial charge in [0.2, 0.25) is 0 Å². The molecular weight excluding hydrogens is 260 g/mol. The molecule has 0 aromatic carbocycles. The van der Waals surface area contributed by atoms with Crippen LogP contribution in [0.25, 0.3) is 10.2 Å². The predicted octanol–water partition coefficient (Wildman–Crippen LogP) is 2.59. The third-order valence-corrected chi connectivity index (χ3v) is 4.03. The zero-order valence-corrected chi connectivity index (χ0v) is 11.4. The lowest BCUT2D eigenvalue weighted by Crippen LogP contribution is -2.11. The summed E-state index contributed by atoms with van der Waals surface area (Å²) in [6.07, 6.45) is 1.65. The van der Waals surface area contributed by atoms with E-state index in [0.717, 1.165) is 15.9 Å². The van der Waals surface area contributed by atoms with E-state index in [1.54, 1.807) is 16.9 Å². The Morgan fingerprint density at radius 3 is 2.95 bits per heavy atom. The molecule has 96 valence electrons. The molecule has 0 unspecified atom stereocenters.